The minimum atomic E-state index is -0.824. The number of imide groups is 1. The molecule has 3 rings (SSSR count). The zero-order valence-corrected chi connectivity index (χ0v) is 17.5. The number of nitrogens with zero attached hydrogens (tertiary/aromatic N) is 2. The number of hydrogen-bond donors (Lipinski definition) is 1. The van der Waals surface area contributed by atoms with Crippen LogP contribution in [0.15, 0.2) is 54.6 Å². The van der Waals surface area contributed by atoms with Gasteiger partial charge in [0.15, 0.2) is 0 Å². The lowest BCUT2D eigenvalue weighted by Gasteiger charge is -2.22. The molecule has 0 unspecified atom stereocenters. The van der Waals surface area contributed by atoms with Crippen molar-refractivity contribution in [1.82, 2.24) is 4.90 Å². The van der Waals surface area contributed by atoms with E-state index in [1.165, 1.54) is 9.80 Å². The predicted octanol–water partition coefficient (Wildman–Crippen LogP) is 3.91. The first-order valence-electron chi connectivity index (χ1n) is 10.0. The van der Waals surface area contributed by atoms with Gasteiger partial charge in [-0.3, -0.25) is 9.59 Å². The van der Waals surface area contributed by atoms with E-state index in [0.29, 0.717) is 29.6 Å². The molecule has 0 aromatic heterocycles. The number of ether oxygens (including phenoxy) is 1. The standard InChI is InChI=1S/C23H27N3O4/c1-16(2)13-14-25-20(15-21(27)24-17-9-11-19(30-3)12-10-17)22(28)26(23(25)29)18-7-5-4-6-8-18/h4-12,16,20H,13-15H2,1-3H3,(H,24,27)/t20-/m1/s1. The summed E-state index contributed by atoms with van der Waals surface area (Å²) < 4.78 is 5.11. The lowest BCUT2D eigenvalue weighted by atomic mass is 10.1. The van der Waals surface area contributed by atoms with Gasteiger partial charge in [0.1, 0.15) is 11.8 Å². The summed E-state index contributed by atoms with van der Waals surface area (Å²) in [7, 11) is 1.57. The molecule has 0 bridgehead atoms. The SMILES string of the molecule is COc1ccc(NC(=O)C[C@@H]2C(=O)N(c3ccccc3)C(=O)N2CCC(C)C)cc1. The minimum Gasteiger partial charge on any atom is -0.497 e. The average molecular weight is 409 g/mol. The number of benzene rings is 2. The van der Waals surface area contributed by atoms with E-state index in [1.54, 1.807) is 55.6 Å². The van der Waals surface area contributed by atoms with Crippen LogP contribution in [0.1, 0.15) is 26.7 Å². The van der Waals surface area contributed by atoms with Crippen molar-refractivity contribution in [2.45, 2.75) is 32.7 Å². The average Bonchev–Trinajstić information content (AvgIpc) is 2.96. The summed E-state index contributed by atoms with van der Waals surface area (Å²) >= 11 is 0. The first-order valence-corrected chi connectivity index (χ1v) is 10.0. The van der Waals surface area contributed by atoms with E-state index >= 15 is 0 Å². The molecular formula is C23H27N3O4. The monoisotopic (exact) mass is 409 g/mol. The maximum Gasteiger partial charge on any atom is 0.332 e. The van der Waals surface area contributed by atoms with Crippen molar-refractivity contribution in [2.24, 2.45) is 5.92 Å². The molecule has 30 heavy (non-hydrogen) atoms. The third-order valence-corrected chi connectivity index (χ3v) is 5.03. The lowest BCUT2D eigenvalue weighted by molar-refractivity contribution is -0.124. The summed E-state index contributed by atoms with van der Waals surface area (Å²) in [6.45, 7) is 4.54. The van der Waals surface area contributed by atoms with Crippen molar-refractivity contribution in [1.29, 1.82) is 0 Å². The fourth-order valence-electron chi connectivity index (χ4n) is 3.36. The predicted molar refractivity (Wildman–Crippen MR) is 116 cm³/mol. The van der Waals surface area contributed by atoms with Crippen LogP contribution in [0.5, 0.6) is 5.75 Å². The van der Waals surface area contributed by atoms with Gasteiger partial charge in [-0.1, -0.05) is 32.0 Å². The van der Waals surface area contributed by atoms with Crippen molar-refractivity contribution >= 4 is 29.2 Å². The van der Waals surface area contributed by atoms with Crippen molar-refractivity contribution < 1.29 is 19.1 Å². The van der Waals surface area contributed by atoms with Crippen LogP contribution >= 0.6 is 0 Å². The Balaban J connectivity index is 1.77. The molecule has 7 nitrogen and oxygen atoms in total. The highest BCUT2D eigenvalue weighted by Gasteiger charge is 2.46. The van der Waals surface area contributed by atoms with Crippen molar-refractivity contribution in [3.05, 3.63) is 54.6 Å². The fraction of sp³-hybridized carbons (Fsp3) is 0.348. The van der Waals surface area contributed by atoms with E-state index in [0.717, 1.165) is 6.42 Å². The van der Waals surface area contributed by atoms with Crippen LogP contribution in [-0.2, 0) is 9.59 Å². The number of rotatable bonds is 8. The van der Waals surface area contributed by atoms with E-state index in [4.69, 9.17) is 4.74 Å². The van der Waals surface area contributed by atoms with Crippen molar-refractivity contribution in [2.75, 3.05) is 23.9 Å². The summed E-state index contributed by atoms with van der Waals surface area (Å²) in [6.07, 6.45) is 0.649. The second-order valence-electron chi connectivity index (χ2n) is 7.66. The number of urea groups is 1. The molecule has 1 heterocycles. The van der Waals surface area contributed by atoms with Crippen molar-refractivity contribution in [3.63, 3.8) is 0 Å². The Morgan fingerprint density at radius 1 is 1.07 bits per heavy atom. The fourth-order valence-corrected chi connectivity index (χ4v) is 3.36. The van der Waals surface area contributed by atoms with Gasteiger partial charge in [-0.05, 0) is 48.7 Å². The van der Waals surface area contributed by atoms with E-state index in [2.05, 4.69) is 19.2 Å². The van der Waals surface area contributed by atoms with E-state index in [9.17, 15) is 14.4 Å². The molecule has 4 amide bonds. The summed E-state index contributed by atoms with van der Waals surface area (Å²) in [5.41, 5.74) is 1.12. The molecule has 158 valence electrons. The van der Waals surface area contributed by atoms with Gasteiger partial charge in [-0.25, -0.2) is 9.69 Å². The summed E-state index contributed by atoms with van der Waals surface area (Å²) in [5, 5.41) is 2.79. The molecule has 1 saturated heterocycles. The van der Waals surface area contributed by atoms with Crippen LogP contribution in [0, 0.1) is 5.92 Å². The van der Waals surface area contributed by atoms with Crippen LogP contribution < -0.4 is 15.0 Å². The first-order chi connectivity index (χ1) is 14.4. The zero-order chi connectivity index (χ0) is 21.7. The molecule has 0 radical (unpaired) electrons. The van der Waals surface area contributed by atoms with Crippen LogP contribution in [0.4, 0.5) is 16.2 Å². The molecule has 0 spiro atoms. The van der Waals surface area contributed by atoms with E-state index in [-0.39, 0.29) is 24.3 Å². The molecule has 7 heteroatoms. The molecule has 1 atom stereocenters. The zero-order valence-electron chi connectivity index (χ0n) is 17.5. The van der Waals surface area contributed by atoms with Crippen LogP contribution in [0.2, 0.25) is 0 Å². The summed E-state index contributed by atoms with van der Waals surface area (Å²) in [6, 6.07) is 14.5. The number of hydrogen-bond acceptors (Lipinski definition) is 4. The topological polar surface area (TPSA) is 79.0 Å². The molecule has 1 N–H and O–H groups in total. The maximum absolute atomic E-state index is 13.1. The molecule has 1 aliphatic rings. The number of anilines is 2. The minimum absolute atomic E-state index is 0.0992. The Labute approximate surface area is 176 Å². The number of para-hydroxylation sites is 1. The Bertz CT molecular complexity index is 896. The van der Waals surface area contributed by atoms with Gasteiger partial charge < -0.3 is 15.0 Å². The largest absolute Gasteiger partial charge is 0.497 e. The third-order valence-electron chi connectivity index (χ3n) is 5.03. The van der Waals surface area contributed by atoms with E-state index in [1.807, 2.05) is 6.07 Å². The second kappa shape index (κ2) is 9.43. The second-order valence-corrected chi connectivity index (χ2v) is 7.66. The molecule has 2 aromatic carbocycles. The van der Waals surface area contributed by atoms with Crippen LogP contribution in [-0.4, -0.2) is 42.4 Å². The van der Waals surface area contributed by atoms with Gasteiger partial charge in [0, 0.05) is 12.2 Å². The molecule has 1 fully saturated rings. The molecular weight excluding hydrogens is 382 g/mol. The molecule has 1 aliphatic heterocycles. The molecule has 0 saturated carbocycles. The Morgan fingerprint density at radius 3 is 2.33 bits per heavy atom. The number of amides is 4. The van der Waals surface area contributed by atoms with Gasteiger partial charge in [-0.15, -0.1) is 0 Å². The summed E-state index contributed by atoms with van der Waals surface area (Å²) in [5.74, 6) is 0.353. The highest BCUT2D eigenvalue weighted by Crippen LogP contribution is 2.27. The van der Waals surface area contributed by atoms with Crippen LogP contribution in [0.25, 0.3) is 0 Å². The molecule has 2 aromatic rings. The van der Waals surface area contributed by atoms with E-state index < -0.39 is 6.04 Å². The smallest absolute Gasteiger partial charge is 0.332 e. The number of methoxy groups -OCH3 is 1. The highest BCUT2D eigenvalue weighted by atomic mass is 16.5. The van der Waals surface area contributed by atoms with Gasteiger partial charge in [0.05, 0.1) is 19.2 Å². The number of nitrogens with one attached hydrogen (secondary N) is 1. The number of carbonyl (C=O) groups excluding carboxylic acids is 3. The molecule has 0 aliphatic carbocycles. The van der Waals surface area contributed by atoms with Gasteiger partial charge in [0.2, 0.25) is 5.91 Å². The van der Waals surface area contributed by atoms with Gasteiger partial charge in [-0.2, -0.15) is 0 Å². The quantitative estimate of drug-likeness (QED) is 0.671. The Kier molecular flexibility index (Phi) is 6.72. The summed E-state index contributed by atoms with van der Waals surface area (Å²) in [4.78, 5) is 41.5. The highest BCUT2D eigenvalue weighted by molar-refractivity contribution is 6.22. The first kappa shape index (κ1) is 21.4. The normalized spacial score (nSPS) is 16.3. The Morgan fingerprint density at radius 2 is 1.73 bits per heavy atom. The van der Waals surface area contributed by atoms with Gasteiger partial charge in [0.25, 0.3) is 5.91 Å². The third kappa shape index (κ3) is 4.79. The maximum atomic E-state index is 13.1. The van der Waals surface area contributed by atoms with Crippen molar-refractivity contribution in [3.8, 4) is 5.75 Å². The van der Waals surface area contributed by atoms with Gasteiger partial charge >= 0.3 is 6.03 Å². The van der Waals surface area contributed by atoms with Crippen LogP contribution in [0.3, 0.4) is 0 Å². The lowest BCUT2D eigenvalue weighted by Crippen LogP contribution is -2.39. The Hall–Kier alpha value is -3.35. The number of carbonyl (C=O) groups is 3.